The van der Waals surface area contributed by atoms with Crippen molar-refractivity contribution in [2.45, 2.75) is 6.18 Å². The minimum Gasteiger partial charge on any atom is -0.497 e. The molecule has 128 valence electrons. The van der Waals surface area contributed by atoms with E-state index < -0.39 is 28.6 Å². The maximum Gasteiger partial charge on any atom is 0.417 e. The number of carbonyl (C=O) groups excluding carboxylic acids is 1. The van der Waals surface area contributed by atoms with Crippen molar-refractivity contribution in [2.24, 2.45) is 0 Å². The second-order valence-corrected chi connectivity index (χ2v) is 5.02. The number of alkyl halides is 3. The van der Waals surface area contributed by atoms with E-state index >= 15 is 0 Å². The number of amides is 2. The molecule has 2 aromatic rings. The first-order valence-electron chi connectivity index (χ1n) is 6.49. The normalized spacial score (nSPS) is 11.1. The number of hydrogen-bond acceptors (Lipinski definition) is 2. The molecule has 9 heteroatoms. The third kappa shape index (κ3) is 4.29. The van der Waals surface area contributed by atoms with Gasteiger partial charge in [0.1, 0.15) is 11.6 Å². The molecule has 0 aliphatic rings. The van der Waals surface area contributed by atoms with Gasteiger partial charge < -0.3 is 15.4 Å². The summed E-state index contributed by atoms with van der Waals surface area (Å²) >= 11 is 5.49. The molecule has 0 saturated heterocycles. The van der Waals surface area contributed by atoms with E-state index in [0.29, 0.717) is 6.07 Å². The maximum absolute atomic E-state index is 13.7. The van der Waals surface area contributed by atoms with Crippen LogP contribution in [0, 0.1) is 5.82 Å². The Morgan fingerprint density at radius 3 is 2.42 bits per heavy atom. The Labute approximate surface area is 139 Å². The van der Waals surface area contributed by atoms with Crippen LogP contribution in [-0.2, 0) is 6.18 Å². The van der Waals surface area contributed by atoms with E-state index in [9.17, 15) is 22.4 Å². The van der Waals surface area contributed by atoms with Crippen LogP contribution >= 0.6 is 11.6 Å². The third-order valence-corrected chi connectivity index (χ3v) is 3.28. The predicted molar refractivity (Wildman–Crippen MR) is 82.0 cm³/mol. The van der Waals surface area contributed by atoms with Crippen LogP contribution in [0.5, 0.6) is 5.75 Å². The standard InChI is InChI=1S/C15H11ClF4N2O2/c1-24-9-3-5-13(12(17)7-9)22-14(23)21-8-2-4-11(16)10(6-8)15(18,19)20/h2-7H,1H3,(H2,21,22,23). The van der Waals surface area contributed by atoms with Crippen LogP contribution in [-0.4, -0.2) is 13.1 Å². The molecule has 4 nitrogen and oxygen atoms in total. The first kappa shape index (κ1) is 17.9. The van der Waals surface area contributed by atoms with E-state index in [4.69, 9.17) is 16.3 Å². The molecule has 2 rings (SSSR count). The topological polar surface area (TPSA) is 50.4 Å². The summed E-state index contributed by atoms with van der Waals surface area (Å²) < 4.78 is 56.8. The molecule has 2 amide bonds. The van der Waals surface area contributed by atoms with Crippen LogP contribution in [0.2, 0.25) is 5.02 Å². The highest BCUT2D eigenvalue weighted by molar-refractivity contribution is 6.31. The minimum atomic E-state index is -4.66. The maximum atomic E-state index is 13.7. The molecule has 0 spiro atoms. The Balaban J connectivity index is 2.13. The molecule has 0 atom stereocenters. The Morgan fingerprint density at radius 2 is 1.83 bits per heavy atom. The molecule has 0 fully saturated rings. The molecule has 0 unspecified atom stereocenters. The van der Waals surface area contributed by atoms with Gasteiger partial charge in [-0.2, -0.15) is 13.2 Å². The van der Waals surface area contributed by atoms with Crippen molar-refractivity contribution >= 4 is 29.0 Å². The Bertz CT molecular complexity index is 766. The van der Waals surface area contributed by atoms with E-state index in [1.54, 1.807) is 0 Å². The average molecular weight is 363 g/mol. The SMILES string of the molecule is COc1ccc(NC(=O)Nc2ccc(Cl)c(C(F)(F)F)c2)c(F)c1. The first-order chi connectivity index (χ1) is 11.2. The predicted octanol–water partition coefficient (Wildman–Crippen LogP) is 5.15. The summed E-state index contributed by atoms with van der Waals surface area (Å²) in [5.41, 5.74) is -1.38. The molecule has 0 heterocycles. The van der Waals surface area contributed by atoms with Gasteiger partial charge in [-0.15, -0.1) is 0 Å². The van der Waals surface area contributed by atoms with Crippen molar-refractivity contribution in [3.05, 3.63) is 52.8 Å². The van der Waals surface area contributed by atoms with Crippen molar-refractivity contribution in [1.29, 1.82) is 0 Å². The first-order valence-corrected chi connectivity index (χ1v) is 6.87. The molecule has 0 bridgehead atoms. The molecule has 24 heavy (non-hydrogen) atoms. The van der Waals surface area contributed by atoms with Gasteiger partial charge in [-0.1, -0.05) is 11.6 Å². The van der Waals surface area contributed by atoms with Gasteiger partial charge >= 0.3 is 12.2 Å². The highest BCUT2D eigenvalue weighted by Gasteiger charge is 2.33. The van der Waals surface area contributed by atoms with Crippen LogP contribution < -0.4 is 15.4 Å². The fourth-order valence-electron chi connectivity index (χ4n) is 1.83. The lowest BCUT2D eigenvalue weighted by molar-refractivity contribution is -0.137. The average Bonchev–Trinajstić information content (AvgIpc) is 2.50. The van der Waals surface area contributed by atoms with Gasteiger partial charge in [0.05, 0.1) is 23.4 Å². The van der Waals surface area contributed by atoms with Crippen LogP contribution in [0.4, 0.5) is 33.7 Å². The van der Waals surface area contributed by atoms with Crippen LogP contribution in [0.1, 0.15) is 5.56 Å². The van der Waals surface area contributed by atoms with E-state index in [-0.39, 0.29) is 17.1 Å². The number of halogens is 5. The van der Waals surface area contributed by atoms with E-state index in [1.165, 1.54) is 25.3 Å². The number of nitrogens with one attached hydrogen (secondary N) is 2. The number of rotatable bonds is 3. The molecule has 0 radical (unpaired) electrons. The number of ether oxygens (including phenoxy) is 1. The summed E-state index contributed by atoms with van der Waals surface area (Å²) in [5, 5.41) is 3.88. The summed E-state index contributed by atoms with van der Waals surface area (Å²) in [6.45, 7) is 0. The second kappa shape index (κ2) is 6.96. The van der Waals surface area contributed by atoms with Gasteiger partial charge in [-0.05, 0) is 30.3 Å². The number of urea groups is 1. The molecule has 0 aromatic heterocycles. The van der Waals surface area contributed by atoms with E-state index in [1.807, 2.05) is 0 Å². The number of hydrogen-bond donors (Lipinski definition) is 2. The molecular formula is C15H11ClF4N2O2. The fourth-order valence-corrected chi connectivity index (χ4v) is 2.05. The molecule has 2 aromatic carbocycles. The molecular weight excluding hydrogens is 352 g/mol. The van der Waals surface area contributed by atoms with Gasteiger partial charge in [0, 0.05) is 11.8 Å². The fraction of sp³-hybridized carbons (Fsp3) is 0.133. The number of methoxy groups -OCH3 is 1. The van der Waals surface area contributed by atoms with Gasteiger partial charge in [-0.3, -0.25) is 0 Å². The van der Waals surface area contributed by atoms with Gasteiger partial charge in [0.25, 0.3) is 0 Å². The molecule has 0 aliphatic heterocycles. The lowest BCUT2D eigenvalue weighted by Crippen LogP contribution is -2.20. The van der Waals surface area contributed by atoms with Gasteiger partial charge in [-0.25, -0.2) is 9.18 Å². The highest BCUT2D eigenvalue weighted by atomic mass is 35.5. The smallest absolute Gasteiger partial charge is 0.417 e. The van der Waals surface area contributed by atoms with Crippen molar-refractivity contribution < 1.29 is 27.1 Å². The Hall–Kier alpha value is -2.48. The van der Waals surface area contributed by atoms with Crippen LogP contribution in [0.15, 0.2) is 36.4 Å². The van der Waals surface area contributed by atoms with Crippen LogP contribution in [0.25, 0.3) is 0 Å². The van der Waals surface area contributed by atoms with Gasteiger partial charge in [0.15, 0.2) is 0 Å². The summed E-state index contributed by atoms with van der Waals surface area (Å²) in [5.74, 6) is -0.498. The highest BCUT2D eigenvalue weighted by Crippen LogP contribution is 2.36. The number of anilines is 2. The van der Waals surface area contributed by atoms with Crippen molar-refractivity contribution in [1.82, 2.24) is 0 Å². The van der Waals surface area contributed by atoms with Crippen molar-refractivity contribution in [2.75, 3.05) is 17.7 Å². The van der Waals surface area contributed by atoms with E-state index in [0.717, 1.165) is 12.1 Å². The van der Waals surface area contributed by atoms with Crippen molar-refractivity contribution in [3.8, 4) is 5.75 Å². The number of benzene rings is 2. The number of carbonyl (C=O) groups is 1. The largest absolute Gasteiger partial charge is 0.497 e. The summed E-state index contributed by atoms with van der Waals surface area (Å²) in [6.07, 6.45) is -4.66. The lowest BCUT2D eigenvalue weighted by atomic mass is 10.2. The summed E-state index contributed by atoms with van der Waals surface area (Å²) in [4.78, 5) is 11.8. The zero-order valence-corrected chi connectivity index (χ0v) is 12.9. The monoisotopic (exact) mass is 362 g/mol. The lowest BCUT2D eigenvalue weighted by Gasteiger charge is -2.13. The summed E-state index contributed by atoms with van der Waals surface area (Å²) in [6, 6.07) is 5.72. The quantitative estimate of drug-likeness (QED) is 0.742. The Kier molecular flexibility index (Phi) is 5.18. The van der Waals surface area contributed by atoms with Crippen molar-refractivity contribution in [3.63, 3.8) is 0 Å². The molecule has 0 aliphatic carbocycles. The van der Waals surface area contributed by atoms with Gasteiger partial charge in [0.2, 0.25) is 0 Å². The Morgan fingerprint density at radius 1 is 1.12 bits per heavy atom. The molecule has 2 N–H and O–H groups in total. The summed E-state index contributed by atoms with van der Waals surface area (Å²) in [7, 11) is 1.35. The third-order valence-electron chi connectivity index (χ3n) is 2.95. The van der Waals surface area contributed by atoms with Crippen LogP contribution in [0.3, 0.4) is 0 Å². The van der Waals surface area contributed by atoms with E-state index in [2.05, 4.69) is 10.6 Å². The molecule has 0 saturated carbocycles. The zero-order chi connectivity index (χ0) is 17.9. The minimum absolute atomic E-state index is 0.141. The zero-order valence-electron chi connectivity index (χ0n) is 12.2. The second-order valence-electron chi connectivity index (χ2n) is 4.62.